The minimum Gasteiger partial charge on any atom is -0.325 e. The van der Waals surface area contributed by atoms with Gasteiger partial charge in [-0.3, -0.25) is 9.69 Å². The SMILES string of the molecule is CCN(CC)S(=O)(=O)c1ccc(C)c(NC(=O)CN2CCCC[C@@H]2C)c1. The Hall–Kier alpha value is -1.44. The summed E-state index contributed by atoms with van der Waals surface area (Å²) in [6.07, 6.45) is 3.45. The summed E-state index contributed by atoms with van der Waals surface area (Å²) in [4.78, 5) is 14.9. The summed E-state index contributed by atoms with van der Waals surface area (Å²) in [5.41, 5.74) is 1.41. The highest BCUT2D eigenvalue weighted by molar-refractivity contribution is 7.89. The Morgan fingerprint density at radius 3 is 2.58 bits per heavy atom. The molecule has 0 bridgehead atoms. The van der Waals surface area contributed by atoms with E-state index in [1.54, 1.807) is 18.2 Å². The fourth-order valence-corrected chi connectivity index (χ4v) is 4.86. The molecule has 1 aromatic carbocycles. The number of hydrogen-bond acceptors (Lipinski definition) is 4. The van der Waals surface area contributed by atoms with E-state index < -0.39 is 10.0 Å². The van der Waals surface area contributed by atoms with Gasteiger partial charge in [0.2, 0.25) is 15.9 Å². The number of rotatable bonds is 7. The second kappa shape index (κ2) is 8.97. The number of amides is 1. The Balaban J connectivity index is 2.15. The van der Waals surface area contributed by atoms with Crippen LogP contribution in [0.4, 0.5) is 5.69 Å². The maximum absolute atomic E-state index is 12.7. The van der Waals surface area contributed by atoms with Gasteiger partial charge in [-0.25, -0.2) is 8.42 Å². The molecule has 1 heterocycles. The number of likely N-dealkylation sites (tertiary alicyclic amines) is 1. The number of nitrogens with one attached hydrogen (secondary N) is 1. The Kier molecular flexibility index (Phi) is 7.20. The first-order chi connectivity index (χ1) is 12.3. The smallest absolute Gasteiger partial charge is 0.243 e. The number of nitrogens with zero attached hydrogens (tertiary/aromatic N) is 2. The van der Waals surface area contributed by atoms with Crippen LogP contribution in [0.3, 0.4) is 0 Å². The third-order valence-electron chi connectivity index (χ3n) is 5.11. The molecule has 6 nitrogen and oxygen atoms in total. The molecule has 0 saturated carbocycles. The van der Waals surface area contributed by atoms with E-state index in [2.05, 4.69) is 17.1 Å². The van der Waals surface area contributed by atoms with E-state index in [4.69, 9.17) is 0 Å². The zero-order valence-electron chi connectivity index (χ0n) is 16.3. The van der Waals surface area contributed by atoms with Crippen molar-refractivity contribution >= 4 is 21.6 Å². The lowest BCUT2D eigenvalue weighted by atomic mass is 10.0. The number of aryl methyl sites for hydroxylation is 1. The second-order valence-corrected chi connectivity index (χ2v) is 8.87. The van der Waals surface area contributed by atoms with Crippen molar-refractivity contribution in [2.24, 2.45) is 0 Å². The molecule has 26 heavy (non-hydrogen) atoms. The highest BCUT2D eigenvalue weighted by Gasteiger charge is 2.24. The van der Waals surface area contributed by atoms with E-state index in [1.807, 2.05) is 20.8 Å². The molecule has 1 atom stereocenters. The average molecular weight is 382 g/mol. The molecule has 1 aliphatic heterocycles. The standard InChI is InChI=1S/C19H31N3O3S/c1-5-22(6-2)26(24,25)17-11-10-15(3)18(13-17)20-19(23)14-21-12-8-7-9-16(21)4/h10-11,13,16H,5-9,12,14H2,1-4H3,(H,20,23)/t16-/m0/s1. The van der Waals surface area contributed by atoms with Crippen LogP contribution in [0.15, 0.2) is 23.1 Å². The van der Waals surface area contributed by atoms with Gasteiger partial charge in [0, 0.05) is 24.8 Å². The summed E-state index contributed by atoms with van der Waals surface area (Å²) in [5, 5.41) is 2.90. The summed E-state index contributed by atoms with van der Waals surface area (Å²) in [7, 11) is -3.54. The highest BCUT2D eigenvalue weighted by Crippen LogP contribution is 2.23. The molecule has 0 unspecified atom stereocenters. The number of anilines is 1. The first-order valence-corrected chi connectivity index (χ1v) is 10.9. The third kappa shape index (κ3) is 4.84. The molecule has 0 spiro atoms. The maximum atomic E-state index is 12.7. The minimum absolute atomic E-state index is 0.0979. The molecule has 0 aromatic heterocycles. The summed E-state index contributed by atoms with van der Waals surface area (Å²) in [6, 6.07) is 5.33. The van der Waals surface area contributed by atoms with Gasteiger partial charge in [0.1, 0.15) is 0 Å². The first-order valence-electron chi connectivity index (χ1n) is 9.44. The maximum Gasteiger partial charge on any atom is 0.243 e. The Morgan fingerprint density at radius 2 is 1.96 bits per heavy atom. The van der Waals surface area contributed by atoms with Crippen molar-refractivity contribution in [1.82, 2.24) is 9.21 Å². The van der Waals surface area contributed by atoms with Gasteiger partial charge < -0.3 is 5.32 Å². The third-order valence-corrected chi connectivity index (χ3v) is 7.16. The van der Waals surface area contributed by atoms with Gasteiger partial charge in [0.15, 0.2) is 0 Å². The van der Waals surface area contributed by atoms with Crippen molar-refractivity contribution in [3.05, 3.63) is 23.8 Å². The molecule has 1 aliphatic rings. The summed E-state index contributed by atoms with van der Waals surface area (Å²) < 4.78 is 26.8. The topological polar surface area (TPSA) is 69.7 Å². The molecule has 1 aromatic rings. The highest BCUT2D eigenvalue weighted by atomic mass is 32.2. The Morgan fingerprint density at radius 1 is 1.27 bits per heavy atom. The Bertz CT molecular complexity index is 730. The molecule has 1 saturated heterocycles. The molecule has 1 N–H and O–H groups in total. The first kappa shape index (κ1) is 20.9. The van der Waals surface area contributed by atoms with Gasteiger partial charge in [0.25, 0.3) is 0 Å². The van der Waals surface area contributed by atoms with Crippen molar-refractivity contribution in [3.63, 3.8) is 0 Å². The van der Waals surface area contributed by atoms with Crippen LogP contribution in [-0.2, 0) is 14.8 Å². The molecule has 7 heteroatoms. The van der Waals surface area contributed by atoms with Gasteiger partial charge in [-0.2, -0.15) is 4.31 Å². The quantitative estimate of drug-likeness (QED) is 0.788. The van der Waals surface area contributed by atoms with Crippen LogP contribution in [0.1, 0.15) is 45.6 Å². The van der Waals surface area contributed by atoms with Gasteiger partial charge in [-0.05, 0) is 50.9 Å². The zero-order valence-corrected chi connectivity index (χ0v) is 17.1. The van der Waals surface area contributed by atoms with Crippen LogP contribution in [0.25, 0.3) is 0 Å². The number of benzene rings is 1. The molecule has 1 fully saturated rings. The molecule has 0 radical (unpaired) electrons. The van der Waals surface area contributed by atoms with Crippen molar-refractivity contribution in [3.8, 4) is 0 Å². The predicted octanol–water partition coefficient (Wildman–Crippen LogP) is 2.84. The largest absolute Gasteiger partial charge is 0.325 e. The number of hydrogen-bond donors (Lipinski definition) is 1. The van der Waals surface area contributed by atoms with Crippen molar-refractivity contribution in [2.45, 2.75) is 57.9 Å². The lowest BCUT2D eigenvalue weighted by Crippen LogP contribution is -2.42. The van der Waals surface area contributed by atoms with Gasteiger partial charge in [-0.1, -0.05) is 26.3 Å². The average Bonchev–Trinajstić information content (AvgIpc) is 2.59. The molecule has 2 rings (SSSR count). The molecule has 146 valence electrons. The second-order valence-electron chi connectivity index (χ2n) is 6.93. The van der Waals surface area contributed by atoms with Crippen LogP contribution in [0.5, 0.6) is 0 Å². The normalized spacial score (nSPS) is 18.9. The van der Waals surface area contributed by atoms with Crippen LogP contribution >= 0.6 is 0 Å². The summed E-state index contributed by atoms with van der Waals surface area (Å²) in [6.45, 7) is 9.76. The van der Waals surface area contributed by atoms with Crippen LogP contribution < -0.4 is 5.32 Å². The van der Waals surface area contributed by atoms with E-state index >= 15 is 0 Å². The monoisotopic (exact) mass is 381 g/mol. The summed E-state index contributed by atoms with van der Waals surface area (Å²) in [5.74, 6) is -0.0979. The zero-order chi connectivity index (χ0) is 19.3. The van der Waals surface area contributed by atoms with Crippen LogP contribution in [-0.4, -0.2) is 55.8 Å². The number of carbonyl (C=O) groups is 1. The van der Waals surface area contributed by atoms with E-state index in [1.165, 1.54) is 10.7 Å². The lowest BCUT2D eigenvalue weighted by Gasteiger charge is -2.32. The number of piperidine rings is 1. The molecular weight excluding hydrogens is 350 g/mol. The molecule has 0 aliphatic carbocycles. The predicted molar refractivity (Wildman–Crippen MR) is 105 cm³/mol. The van der Waals surface area contributed by atoms with E-state index in [0.29, 0.717) is 31.4 Å². The fraction of sp³-hybridized carbons (Fsp3) is 0.632. The molecule has 1 amide bonds. The Labute approximate surface area is 157 Å². The van der Waals surface area contributed by atoms with E-state index in [9.17, 15) is 13.2 Å². The van der Waals surface area contributed by atoms with Gasteiger partial charge in [-0.15, -0.1) is 0 Å². The minimum atomic E-state index is -3.54. The lowest BCUT2D eigenvalue weighted by molar-refractivity contribution is -0.118. The van der Waals surface area contributed by atoms with E-state index in [0.717, 1.165) is 24.9 Å². The van der Waals surface area contributed by atoms with Crippen LogP contribution in [0.2, 0.25) is 0 Å². The van der Waals surface area contributed by atoms with Crippen molar-refractivity contribution in [2.75, 3.05) is 31.5 Å². The number of carbonyl (C=O) groups excluding carboxylic acids is 1. The number of sulfonamides is 1. The van der Waals surface area contributed by atoms with Crippen molar-refractivity contribution in [1.29, 1.82) is 0 Å². The fourth-order valence-electron chi connectivity index (χ4n) is 3.38. The molecular formula is C19H31N3O3S. The summed E-state index contributed by atoms with van der Waals surface area (Å²) >= 11 is 0. The van der Waals surface area contributed by atoms with Crippen molar-refractivity contribution < 1.29 is 13.2 Å². The van der Waals surface area contributed by atoms with Crippen LogP contribution in [0, 0.1) is 6.92 Å². The van der Waals surface area contributed by atoms with Gasteiger partial charge in [0.05, 0.1) is 11.4 Å². The van der Waals surface area contributed by atoms with Gasteiger partial charge >= 0.3 is 0 Å². The van der Waals surface area contributed by atoms with E-state index in [-0.39, 0.29) is 10.8 Å².